The SMILES string of the molecule is CCCCC1CC(=CC(=O)N2CCC([C@H]3c4ncc(Br)cc4CCc4cc(Cl)cc(Br)c43)CC2)CCN1C(=O)O. The van der Waals surface area contributed by atoms with Gasteiger partial charge in [0.25, 0.3) is 0 Å². The number of hydrogen-bond donors (Lipinski definition) is 1. The molecule has 1 aromatic carbocycles. The maximum Gasteiger partial charge on any atom is 0.407 e. The lowest BCUT2D eigenvalue weighted by molar-refractivity contribution is -0.127. The number of rotatable bonds is 5. The van der Waals surface area contributed by atoms with Crippen LogP contribution in [0.15, 0.2) is 45.0 Å². The molecule has 2 fully saturated rings. The molecular weight excluding hydrogens is 658 g/mol. The third-order valence-corrected chi connectivity index (χ3v) is 10.1. The smallest absolute Gasteiger partial charge is 0.407 e. The number of hydrogen-bond acceptors (Lipinski definition) is 3. The van der Waals surface area contributed by atoms with E-state index < -0.39 is 6.09 Å². The highest BCUT2D eigenvalue weighted by Crippen LogP contribution is 2.46. The van der Waals surface area contributed by atoms with E-state index in [1.807, 2.05) is 17.2 Å². The van der Waals surface area contributed by atoms with E-state index in [1.165, 1.54) is 16.7 Å². The van der Waals surface area contributed by atoms with E-state index in [2.05, 4.69) is 50.9 Å². The van der Waals surface area contributed by atoms with Crippen molar-refractivity contribution in [1.82, 2.24) is 14.8 Å². The molecule has 6 nitrogen and oxygen atoms in total. The molecule has 214 valence electrons. The van der Waals surface area contributed by atoms with Crippen LogP contribution >= 0.6 is 43.5 Å². The summed E-state index contributed by atoms with van der Waals surface area (Å²) in [5.74, 6) is 0.557. The van der Waals surface area contributed by atoms with E-state index in [-0.39, 0.29) is 17.9 Å². The number of amides is 2. The Labute approximate surface area is 258 Å². The zero-order valence-corrected chi connectivity index (χ0v) is 26.8. The van der Waals surface area contributed by atoms with Crippen molar-refractivity contribution in [3.8, 4) is 0 Å². The van der Waals surface area contributed by atoms with Gasteiger partial charge in [0.05, 0.1) is 5.69 Å². The summed E-state index contributed by atoms with van der Waals surface area (Å²) in [5, 5.41) is 10.4. The first-order valence-corrected chi connectivity index (χ1v) is 16.3. The molecule has 2 atom stereocenters. The van der Waals surface area contributed by atoms with Gasteiger partial charge in [-0.2, -0.15) is 0 Å². The predicted octanol–water partition coefficient (Wildman–Crippen LogP) is 7.99. The van der Waals surface area contributed by atoms with Gasteiger partial charge < -0.3 is 14.9 Å². The van der Waals surface area contributed by atoms with E-state index in [1.54, 1.807) is 11.0 Å². The molecule has 0 spiro atoms. The minimum atomic E-state index is -0.856. The van der Waals surface area contributed by atoms with Gasteiger partial charge in [-0.1, -0.05) is 52.9 Å². The van der Waals surface area contributed by atoms with Gasteiger partial charge in [0.2, 0.25) is 5.91 Å². The molecule has 1 aliphatic carbocycles. The Kier molecular flexibility index (Phi) is 9.58. The average Bonchev–Trinajstić information content (AvgIpc) is 3.08. The molecule has 0 saturated carbocycles. The number of likely N-dealkylation sites (tertiary alicyclic amines) is 2. The summed E-state index contributed by atoms with van der Waals surface area (Å²) < 4.78 is 2.03. The van der Waals surface area contributed by atoms with Crippen molar-refractivity contribution in [2.75, 3.05) is 19.6 Å². The number of carbonyl (C=O) groups excluding carboxylic acids is 1. The van der Waals surface area contributed by atoms with Crippen LogP contribution in [0, 0.1) is 5.92 Å². The van der Waals surface area contributed by atoms with Crippen molar-refractivity contribution in [3.63, 3.8) is 0 Å². The Hall–Kier alpha value is -1.90. The normalized spacial score (nSPS) is 22.6. The average molecular weight is 694 g/mol. The van der Waals surface area contributed by atoms with Crippen LogP contribution in [0.4, 0.5) is 4.79 Å². The van der Waals surface area contributed by atoms with Gasteiger partial charge in [0.1, 0.15) is 0 Å². The van der Waals surface area contributed by atoms with Crippen LogP contribution in [-0.4, -0.2) is 57.6 Å². The van der Waals surface area contributed by atoms with E-state index in [4.69, 9.17) is 16.6 Å². The van der Waals surface area contributed by atoms with Crippen LogP contribution in [0.25, 0.3) is 0 Å². The first kappa shape index (κ1) is 29.6. The Morgan fingerprint density at radius 2 is 1.85 bits per heavy atom. The van der Waals surface area contributed by atoms with E-state index in [0.29, 0.717) is 38.4 Å². The maximum absolute atomic E-state index is 13.3. The second-order valence-corrected chi connectivity index (χ2v) is 13.5. The molecule has 3 heterocycles. The zero-order valence-electron chi connectivity index (χ0n) is 22.8. The molecule has 2 aliphatic heterocycles. The summed E-state index contributed by atoms with van der Waals surface area (Å²) in [6.07, 6.45) is 10.6. The summed E-state index contributed by atoms with van der Waals surface area (Å²) in [6, 6.07) is 6.26. The third-order valence-electron chi connectivity index (χ3n) is 8.82. The highest BCUT2D eigenvalue weighted by Gasteiger charge is 2.36. The summed E-state index contributed by atoms with van der Waals surface area (Å²) in [4.78, 5) is 33.5. The quantitative estimate of drug-likeness (QED) is 0.323. The number of carboxylic acid groups (broad SMARTS) is 1. The molecule has 2 saturated heterocycles. The topological polar surface area (TPSA) is 73.7 Å². The lowest BCUT2D eigenvalue weighted by Crippen LogP contribution is -2.44. The van der Waals surface area contributed by atoms with Gasteiger partial charge in [-0.25, -0.2) is 4.79 Å². The van der Waals surface area contributed by atoms with Crippen molar-refractivity contribution < 1.29 is 14.7 Å². The lowest BCUT2D eigenvalue weighted by atomic mass is 9.76. The zero-order chi connectivity index (χ0) is 28.4. The van der Waals surface area contributed by atoms with Crippen molar-refractivity contribution in [3.05, 3.63) is 72.4 Å². The Bertz CT molecular complexity index is 1310. The van der Waals surface area contributed by atoms with Crippen molar-refractivity contribution in [2.24, 2.45) is 5.92 Å². The molecule has 3 aliphatic rings. The molecule has 0 bridgehead atoms. The van der Waals surface area contributed by atoms with Crippen LogP contribution in [0.5, 0.6) is 0 Å². The number of aryl methyl sites for hydroxylation is 2. The molecule has 5 rings (SSSR count). The monoisotopic (exact) mass is 691 g/mol. The fourth-order valence-electron chi connectivity index (χ4n) is 6.79. The van der Waals surface area contributed by atoms with Gasteiger partial charge in [0, 0.05) is 57.8 Å². The van der Waals surface area contributed by atoms with Gasteiger partial charge in [-0.05, 0) is 102 Å². The predicted molar refractivity (Wildman–Crippen MR) is 165 cm³/mol. The minimum absolute atomic E-state index is 0.0363. The molecule has 40 heavy (non-hydrogen) atoms. The maximum atomic E-state index is 13.3. The van der Waals surface area contributed by atoms with Gasteiger partial charge in [0.15, 0.2) is 0 Å². The molecule has 2 amide bonds. The Balaban J connectivity index is 1.32. The van der Waals surface area contributed by atoms with Gasteiger partial charge in [-0.3, -0.25) is 9.78 Å². The number of carbonyl (C=O) groups is 2. The summed E-state index contributed by atoms with van der Waals surface area (Å²) in [7, 11) is 0. The standard InChI is InChI=1S/C31H36Br2ClN3O3/c1-2-3-4-25-13-19(7-12-37(25)31(39)40)14-27(38)36-10-8-20(9-11-36)29-28-21(16-24(34)17-26(28)33)5-6-22-15-23(32)18-35-30(22)29/h14-18,20,25,29H,2-13H2,1H3,(H,39,40)/t25?,29-/m1/s1. The first-order valence-electron chi connectivity index (χ1n) is 14.3. The number of benzene rings is 1. The van der Waals surface area contributed by atoms with Crippen molar-refractivity contribution in [1.29, 1.82) is 0 Å². The lowest BCUT2D eigenvalue weighted by Gasteiger charge is -2.37. The largest absolute Gasteiger partial charge is 0.465 e. The minimum Gasteiger partial charge on any atom is -0.465 e. The number of nitrogens with zero attached hydrogens (tertiary/aromatic N) is 3. The van der Waals surface area contributed by atoms with E-state index in [0.717, 1.165) is 70.2 Å². The molecule has 1 unspecified atom stereocenters. The molecule has 1 aromatic heterocycles. The van der Waals surface area contributed by atoms with Crippen molar-refractivity contribution >= 4 is 55.5 Å². The number of aromatic nitrogens is 1. The number of piperidine rings is 2. The summed E-state index contributed by atoms with van der Waals surface area (Å²) in [6.45, 7) is 3.99. The summed E-state index contributed by atoms with van der Waals surface area (Å²) >= 11 is 13.9. The molecule has 2 aromatic rings. The molecule has 9 heteroatoms. The molecule has 1 N–H and O–H groups in total. The summed E-state index contributed by atoms with van der Waals surface area (Å²) in [5.41, 5.74) is 6.04. The van der Waals surface area contributed by atoms with Crippen LogP contribution in [-0.2, 0) is 17.6 Å². The number of unbranched alkanes of at least 4 members (excludes halogenated alkanes) is 1. The molecular formula is C31H36Br2ClN3O3. The second-order valence-electron chi connectivity index (χ2n) is 11.3. The van der Waals surface area contributed by atoms with E-state index in [9.17, 15) is 14.7 Å². The Morgan fingerprint density at radius 3 is 2.58 bits per heavy atom. The third kappa shape index (κ3) is 6.44. The fraction of sp³-hybridized carbons (Fsp3) is 0.516. The number of halogens is 3. The first-order chi connectivity index (χ1) is 19.2. The Morgan fingerprint density at radius 1 is 1.10 bits per heavy atom. The van der Waals surface area contributed by atoms with Crippen LogP contribution in [0.1, 0.15) is 80.2 Å². The van der Waals surface area contributed by atoms with Crippen LogP contribution < -0.4 is 0 Å². The van der Waals surface area contributed by atoms with Crippen LogP contribution in [0.3, 0.4) is 0 Å². The van der Waals surface area contributed by atoms with E-state index >= 15 is 0 Å². The molecule has 0 radical (unpaired) electrons. The van der Waals surface area contributed by atoms with Gasteiger partial charge in [-0.15, -0.1) is 0 Å². The second kappa shape index (κ2) is 13.0. The van der Waals surface area contributed by atoms with Crippen molar-refractivity contribution in [2.45, 2.75) is 76.7 Å². The van der Waals surface area contributed by atoms with Gasteiger partial charge >= 0.3 is 6.09 Å². The van der Waals surface area contributed by atoms with Crippen LogP contribution in [0.2, 0.25) is 5.02 Å². The number of pyridine rings is 1. The number of fused-ring (bicyclic) bond motifs is 2. The highest BCUT2D eigenvalue weighted by molar-refractivity contribution is 9.10. The fourth-order valence-corrected chi connectivity index (χ4v) is 8.29. The highest BCUT2D eigenvalue weighted by atomic mass is 79.9.